The second-order valence-corrected chi connectivity index (χ2v) is 15.8. The molecule has 0 atom stereocenters. The number of esters is 1. The molecule has 0 aliphatic heterocycles. The SMILES string of the molecule is CCOC(=O)c1cc2c(-c3ccccc3Oc3ccccc3)n(COCC[Si](C)(C)C)c(C)c2c(=O)[nH]1. The molecule has 8 heteroatoms. The highest BCUT2D eigenvalue weighted by Gasteiger charge is 2.23. The van der Waals surface area contributed by atoms with E-state index < -0.39 is 14.0 Å². The van der Waals surface area contributed by atoms with Crippen LogP contribution >= 0.6 is 0 Å². The molecule has 2 heterocycles. The van der Waals surface area contributed by atoms with Crippen molar-refractivity contribution >= 4 is 24.8 Å². The summed E-state index contributed by atoms with van der Waals surface area (Å²) in [5, 5.41) is 1.15. The number of H-pyrrole nitrogens is 1. The minimum absolute atomic E-state index is 0.110. The van der Waals surface area contributed by atoms with Crippen LogP contribution in [0, 0.1) is 6.92 Å². The normalized spacial score (nSPS) is 11.6. The Morgan fingerprint density at radius 2 is 1.73 bits per heavy atom. The third-order valence-electron chi connectivity index (χ3n) is 6.15. The standard InChI is InChI=1S/C29H34N2O5Si/c1-6-35-29(33)24-18-23-26(28(32)30-24)20(2)31(19-34-16-17-37(3,4)5)27(23)22-14-10-11-15-25(22)36-21-12-8-7-9-13-21/h7-15,18H,6,16-17,19H2,1-5H3,(H,30,32). The average Bonchev–Trinajstić information content (AvgIpc) is 3.14. The van der Waals surface area contributed by atoms with Gasteiger partial charge in [-0.3, -0.25) is 4.79 Å². The second kappa shape index (κ2) is 11.2. The van der Waals surface area contributed by atoms with Crippen LogP contribution in [0.25, 0.3) is 22.0 Å². The lowest BCUT2D eigenvalue weighted by molar-refractivity contribution is 0.0519. The lowest BCUT2D eigenvalue weighted by Gasteiger charge is -2.18. The number of fused-ring (bicyclic) bond motifs is 1. The number of hydrogen-bond acceptors (Lipinski definition) is 5. The number of ether oxygens (including phenoxy) is 3. The van der Waals surface area contributed by atoms with Gasteiger partial charge in [-0.1, -0.05) is 50.0 Å². The molecule has 2 aromatic carbocycles. The van der Waals surface area contributed by atoms with E-state index in [0.717, 1.165) is 23.0 Å². The summed E-state index contributed by atoms with van der Waals surface area (Å²) in [6.45, 7) is 11.7. The maximum atomic E-state index is 13.2. The van der Waals surface area contributed by atoms with Gasteiger partial charge in [0.2, 0.25) is 0 Å². The number of rotatable bonds is 10. The van der Waals surface area contributed by atoms with Crippen LogP contribution in [0.1, 0.15) is 23.1 Å². The summed E-state index contributed by atoms with van der Waals surface area (Å²) in [5.74, 6) is 0.762. The first kappa shape index (κ1) is 26.4. The van der Waals surface area contributed by atoms with E-state index in [2.05, 4.69) is 24.6 Å². The molecule has 0 aliphatic carbocycles. The van der Waals surface area contributed by atoms with Crippen LogP contribution in [0.5, 0.6) is 11.5 Å². The van der Waals surface area contributed by atoms with E-state index >= 15 is 0 Å². The van der Waals surface area contributed by atoms with Gasteiger partial charge in [-0.25, -0.2) is 4.79 Å². The molecule has 0 bridgehead atoms. The zero-order valence-electron chi connectivity index (χ0n) is 22.1. The van der Waals surface area contributed by atoms with Crippen molar-refractivity contribution in [2.75, 3.05) is 13.2 Å². The number of carbonyl (C=O) groups is 1. The van der Waals surface area contributed by atoms with E-state index in [1.807, 2.05) is 66.1 Å². The van der Waals surface area contributed by atoms with Gasteiger partial charge in [0.25, 0.3) is 5.56 Å². The zero-order valence-corrected chi connectivity index (χ0v) is 23.1. The second-order valence-electron chi connectivity index (χ2n) is 10.1. The van der Waals surface area contributed by atoms with Gasteiger partial charge in [0.1, 0.15) is 23.9 Å². The Hall–Kier alpha value is -3.62. The van der Waals surface area contributed by atoms with Crippen LogP contribution in [0.2, 0.25) is 25.7 Å². The Kier molecular flexibility index (Phi) is 7.99. The highest BCUT2D eigenvalue weighted by molar-refractivity contribution is 6.76. The van der Waals surface area contributed by atoms with Crippen molar-refractivity contribution in [2.24, 2.45) is 0 Å². The molecular weight excluding hydrogens is 484 g/mol. The number of nitrogens with one attached hydrogen (secondary N) is 1. The number of benzene rings is 2. The largest absolute Gasteiger partial charge is 0.461 e. The summed E-state index contributed by atoms with van der Waals surface area (Å²) in [6.07, 6.45) is 0. The summed E-state index contributed by atoms with van der Waals surface area (Å²) in [7, 11) is -1.27. The molecule has 0 fully saturated rings. The number of hydrogen-bond donors (Lipinski definition) is 1. The van der Waals surface area contributed by atoms with Crippen molar-refractivity contribution in [3.63, 3.8) is 0 Å². The monoisotopic (exact) mass is 518 g/mol. The average molecular weight is 519 g/mol. The zero-order chi connectivity index (χ0) is 26.6. The number of pyridine rings is 1. The predicted molar refractivity (Wildman–Crippen MR) is 149 cm³/mol. The highest BCUT2D eigenvalue weighted by Crippen LogP contribution is 2.39. The first-order valence-corrected chi connectivity index (χ1v) is 16.2. The maximum Gasteiger partial charge on any atom is 0.354 e. The maximum absolute atomic E-state index is 13.2. The number of carbonyl (C=O) groups excluding carboxylic acids is 1. The number of aromatic nitrogens is 2. The summed E-state index contributed by atoms with van der Waals surface area (Å²) in [6, 6.07) is 19.9. The first-order chi connectivity index (χ1) is 17.7. The smallest absolute Gasteiger partial charge is 0.354 e. The number of aryl methyl sites for hydroxylation is 1. The van der Waals surface area contributed by atoms with Gasteiger partial charge in [-0.2, -0.15) is 0 Å². The van der Waals surface area contributed by atoms with Crippen molar-refractivity contribution in [3.8, 4) is 22.8 Å². The van der Waals surface area contributed by atoms with Crippen molar-refractivity contribution in [2.45, 2.75) is 46.3 Å². The molecule has 1 N–H and O–H groups in total. The number of aromatic amines is 1. The molecule has 0 amide bonds. The van der Waals surface area contributed by atoms with Crippen molar-refractivity contribution in [1.82, 2.24) is 9.55 Å². The molecule has 0 aliphatic rings. The Bertz CT molecular complexity index is 1450. The van der Waals surface area contributed by atoms with E-state index in [-0.39, 0.29) is 24.6 Å². The van der Waals surface area contributed by atoms with Gasteiger partial charge in [0, 0.05) is 31.3 Å². The molecule has 4 aromatic rings. The summed E-state index contributed by atoms with van der Waals surface area (Å²) in [5.41, 5.74) is 2.06. The molecular formula is C29H34N2O5Si. The van der Waals surface area contributed by atoms with Gasteiger partial charge < -0.3 is 23.8 Å². The van der Waals surface area contributed by atoms with Crippen molar-refractivity contribution in [3.05, 3.63) is 82.4 Å². The van der Waals surface area contributed by atoms with E-state index in [1.165, 1.54) is 0 Å². The van der Waals surface area contributed by atoms with E-state index in [4.69, 9.17) is 14.2 Å². The van der Waals surface area contributed by atoms with Gasteiger partial charge in [0.05, 0.1) is 17.7 Å². The summed E-state index contributed by atoms with van der Waals surface area (Å²) >= 11 is 0. The fourth-order valence-electron chi connectivity index (χ4n) is 4.23. The Labute approximate surface area is 218 Å². The summed E-state index contributed by atoms with van der Waals surface area (Å²) in [4.78, 5) is 28.5. The van der Waals surface area contributed by atoms with Crippen LogP contribution in [-0.4, -0.2) is 36.8 Å². The van der Waals surface area contributed by atoms with Crippen LogP contribution < -0.4 is 10.3 Å². The highest BCUT2D eigenvalue weighted by atomic mass is 28.3. The van der Waals surface area contributed by atoms with E-state index in [1.54, 1.807) is 13.0 Å². The van der Waals surface area contributed by atoms with Crippen LogP contribution in [0.4, 0.5) is 0 Å². The molecule has 37 heavy (non-hydrogen) atoms. The quantitative estimate of drug-likeness (QED) is 0.146. The molecule has 2 aromatic heterocycles. The van der Waals surface area contributed by atoms with Crippen molar-refractivity contribution < 1.29 is 19.0 Å². The lowest BCUT2D eigenvalue weighted by Crippen LogP contribution is -2.22. The van der Waals surface area contributed by atoms with Gasteiger partial charge in [-0.15, -0.1) is 0 Å². The lowest BCUT2D eigenvalue weighted by atomic mass is 10.1. The molecule has 0 unspecified atom stereocenters. The molecule has 4 rings (SSSR count). The third kappa shape index (κ3) is 6.03. The third-order valence-corrected chi connectivity index (χ3v) is 7.85. The van der Waals surface area contributed by atoms with Crippen molar-refractivity contribution in [1.29, 1.82) is 0 Å². The molecule has 0 spiro atoms. The minimum atomic E-state index is -1.27. The molecule has 194 valence electrons. The Balaban J connectivity index is 1.89. The first-order valence-electron chi connectivity index (χ1n) is 12.5. The van der Waals surface area contributed by atoms with Crippen LogP contribution in [0.15, 0.2) is 65.5 Å². The molecule has 0 saturated carbocycles. The van der Waals surface area contributed by atoms with Gasteiger partial charge in [0.15, 0.2) is 0 Å². The van der Waals surface area contributed by atoms with Crippen LogP contribution in [0.3, 0.4) is 0 Å². The Morgan fingerprint density at radius 1 is 1.03 bits per heavy atom. The van der Waals surface area contributed by atoms with E-state index in [9.17, 15) is 9.59 Å². The van der Waals surface area contributed by atoms with Gasteiger partial charge >= 0.3 is 5.97 Å². The summed E-state index contributed by atoms with van der Waals surface area (Å²) < 4.78 is 19.6. The molecule has 0 saturated heterocycles. The topological polar surface area (TPSA) is 82.5 Å². The van der Waals surface area contributed by atoms with Crippen LogP contribution in [-0.2, 0) is 16.2 Å². The Morgan fingerprint density at radius 3 is 2.43 bits per heavy atom. The number of para-hydroxylation sites is 2. The fourth-order valence-corrected chi connectivity index (χ4v) is 4.98. The molecule has 7 nitrogen and oxygen atoms in total. The predicted octanol–water partition coefficient (Wildman–Crippen LogP) is 6.59. The fraction of sp³-hybridized carbons (Fsp3) is 0.310. The molecule has 0 radical (unpaired) electrons. The minimum Gasteiger partial charge on any atom is -0.461 e. The number of nitrogens with zero attached hydrogens (tertiary/aromatic N) is 1. The van der Waals surface area contributed by atoms with E-state index in [0.29, 0.717) is 28.9 Å². The van der Waals surface area contributed by atoms with Gasteiger partial charge in [-0.05, 0) is 50.2 Å².